The fourth-order valence-electron chi connectivity index (χ4n) is 4.52. The van der Waals surface area contributed by atoms with E-state index in [4.69, 9.17) is 9.47 Å². The average Bonchev–Trinajstić information content (AvgIpc) is 3.01. The third-order valence-electron chi connectivity index (χ3n) is 6.45. The van der Waals surface area contributed by atoms with Gasteiger partial charge < -0.3 is 19.4 Å². The Balaban J connectivity index is 1.99. The Morgan fingerprint density at radius 3 is 2.47 bits per heavy atom. The zero-order valence-corrected chi connectivity index (χ0v) is 18.4. The lowest BCUT2D eigenvalue weighted by Crippen LogP contribution is -2.46. The summed E-state index contributed by atoms with van der Waals surface area (Å²) in [4.78, 5) is 34.1. The zero-order valence-electron chi connectivity index (χ0n) is 18.4. The van der Waals surface area contributed by atoms with Gasteiger partial charge in [0, 0.05) is 23.5 Å². The molecule has 0 bridgehead atoms. The topological polar surface area (TPSA) is 97.1 Å². The first-order valence-electron chi connectivity index (χ1n) is 10.2. The second kappa shape index (κ2) is 7.90. The number of aromatic nitrogens is 3. The predicted molar refractivity (Wildman–Crippen MR) is 111 cm³/mol. The monoisotopic (exact) mass is 485 g/mol. The lowest BCUT2D eigenvalue weighted by molar-refractivity contribution is -0.275. The smallest absolute Gasteiger partial charge is 0.417 e. The van der Waals surface area contributed by atoms with Gasteiger partial charge in [-0.3, -0.25) is 9.59 Å². The number of pyridine rings is 1. The number of aryl methyl sites for hydroxylation is 1. The van der Waals surface area contributed by atoms with Crippen LogP contribution in [0.2, 0.25) is 0 Å². The number of H-pyrrole nitrogens is 2. The Morgan fingerprint density at radius 1 is 1.18 bits per heavy atom. The molecule has 3 aromatic rings. The molecule has 182 valence electrons. The third-order valence-corrected chi connectivity index (χ3v) is 6.45. The van der Waals surface area contributed by atoms with Gasteiger partial charge in [-0.25, -0.2) is 9.37 Å². The van der Waals surface area contributed by atoms with Crippen LogP contribution in [0.4, 0.5) is 22.0 Å². The van der Waals surface area contributed by atoms with E-state index >= 15 is 0 Å². The van der Waals surface area contributed by atoms with Crippen LogP contribution in [-0.4, -0.2) is 33.8 Å². The standard InChI is InChI=1S/C22H20F5N3O4/c1-8-14(10-5-6-11(23)16(24)17(10)33-4)18(34-21(8,3)22(25,26)27)12-7-13(31)15-19(30-12)28-9(2)29-20(15)32/h5-8,14,18H,1-4H3,(H2,28,29,30,31,32)/t8-,14-,18-,21+/m0/s1. The van der Waals surface area contributed by atoms with Crippen LogP contribution in [0, 0.1) is 24.5 Å². The van der Waals surface area contributed by atoms with Crippen LogP contribution in [0.15, 0.2) is 27.8 Å². The molecule has 0 radical (unpaired) electrons. The number of methoxy groups -OCH3 is 1. The van der Waals surface area contributed by atoms with E-state index < -0.39 is 58.1 Å². The number of alkyl halides is 3. The molecule has 2 aromatic heterocycles. The Kier molecular flexibility index (Phi) is 5.54. The molecule has 0 saturated carbocycles. The maximum atomic E-state index is 14.5. The molecule has 1 aliphatic rings. The number of aromatic amines is 2. The number of nitrogens with one attached hydrogen (secondary N) is 2. The molecule has 7 nitrogen and oxygen atoms in total. The van der Waals surface area contributed by atoms with Gasteiger partial charge in [-0.2, -0.15) is 17.6 Å². The van der Waals surface area contributed by atoms with E-state index in [2.05, 4.69) is 15.0 Å². The highest BCUT2D eigenvalue weighted by molar-refractivity contribution is 5.73. The van der Waals surface area contributed by atoms with Crippen molar-refractivity contribution in [2.45, 2.75) is 44.6 Å². The highest BCUT2D eigenvalue weighted by Gasteiger charge is 2.65. The molecule has 1 aromatic carbocycles. The number of benzene rings is 1. The summed E-state index contributed by atoms with van der Waals surface area (Å²) in [6.45, 7) is 3.59. The van der Waals surface area contributed by atoms with E-state index in [1.54, 1.807) is 0 Å². The van der Waals surface area contributed by atoms with Gasteiger partial charge in [0.2, 0.25) is 5.82 Å². The molecular formula is C22H20F5N3O4. The van der Waals surface area contributed by atoms with Gasteiger partial charge in [-0.1, -0.05) is 13.0 Å². The highest BCUT2D eigenvalue weighted by atomic mass is 19.4. The third kappa shape index (κ3) is 3.47. The van der Waals surface area contributed by atoms with Crippen molar-refractivity contribution in [2.24, 2.45) is 5.92 Å². The highest BCUT2D eigenvalue weighted by Crippen LogP contribution is 2.59. The minimum Gasteiger partial charge on any atom is -0.493 e. The van der Waals surface area contributed by atoms with Gasteiger partial charge in [0.1, 0.15) is 23.0 Å². The van der Waals surface area contributed by atoms with E-state index in [0.717, 1.165) is 32.2 Å². The Morgan fingerprint density at radius 2 is 1.85 bits per heavy atom. The van der Waals surface area contributed by atoms with Crippen LogP contribution in [0.25, 0.3) is 11.0 Å². The minimum absolute atomic E-state index is 0.0668. The zero-order chi connectivity index (χ0) is 25.2. The summed E-state index contributed by atoms with van der Waals surface area (Å²) in [5.74, 6) is -5.52. The maximum absolute atomic E-state index is 14.5. The summed E-state index contributed by atoms with van der Waals surface area (Å²) in [5.41, 5.74) is -4.52. The molecule has 1 fully saturated rings. The molecule has 3 heterocycles. The normalized spacial score (nSPS) is 25.1. The summed E-state index contributed by atoms with van der Waals surface area (Å²) in [6, 6.07) is 2.87. The molecule has 12 heteroatoms. The maximum Gasteiger partial charge on any atom is 0.417 e. The van der Waals surface area contributed by atoms with E-state index in [1.165, 1.54) is 13.8 Å². The first-order chi connectivity index (χ1) is 15.8. The lowest BCUT2D eigenvalue weighted by Gasteiger charge is -2.32. The molecule has 0 spiro atoms. The predicted octanol–water partition coefficient (Wildman–Crippen LogP) is 4.02. The van der Waals surface area contributed by atoms with E-state index in [1.807, 2.05) is 0 Å². The fourth-order valence-corrected chi connectivity index (χ4v) is 4.52. The molecule has 1 aliphatic heterocycles. The second-order valence-electron chi connectivity index (χ2n) is 8.41. The number of rotatable bonds is 3. The Labute approximate surface area is 188 Å². The lowest BCUT2D eigenvalue weighted by atomic mass is 9.76. The van der Waals surface area contributed by atoms with Crippen LogP contribution >= 0.6 is 0 Å². The van der Waals surface area contributed by atoms with E-state index in [-0.39, 0.29) is 28.1 Å². The van der Waals surface area contributed by atoms with Crippen molar-refractivity contribution in [3.8, 4) is 5.75 Å². The molecule has 4 atom stereocenters. The van der Waals surface area contributed by atoms with Crippen molar-refractivity contribution in [2.75, 3.05) is 7.11 Å². The van der Waals surface area contributed by atoms with Crippen LogP contribution < -0.4 is 15.7 Å². The Bertz CT molecular complexity index is 1400. The molecule has 1 saturated heterocycles. The molecule has 0 unspecified atom stereocenters. The van der Waals surface area contributed by atoms with Crippen molar-refractivity contribution in [1.29, 1.82) is 0 Å². The van der Waals surface area contributed by atoms with Crippen molar-refractivity contribution in [3.05, 3.63) is 67.5 Å². The second-order valence-corrected chi connectivity index (χ2v) is 8.41. The summed E-state index contributed by atoms with van der Waals surface area (Å²) in [6.07, 6.45) is -6.30. The fraction of sp³-hybridized carbons (Fsp3) is 0.409. The van der Waals surface area contributed by atoms with Gasteiger partial charge in [-0.05, 0) is 19.9 Å². The Hall–Kier alpha value is -3.28. The first-order valence-corrected chi connectivity index (χ1v) is 10.2. The van der Waals surface area contributed by atoms with E-state index in [9.17, 15) is 31.5 Å². The number of nitrogens with zero attached hydrogens (tertiary/aromatic N) is 1. The minimum atomic E-state index is -4.84. The number of hydrogen-bond acceptors (Lipinski definition) is 5. The van der Waals surface area contributed by atoms with Gasteiger partial charge >= 0.3 is 6.18 Å². The van der Waals surface area contributed by atoms with Crippen molar-refractivity contribution in [1.82, 2.24) is 15.0 Å². The molecule has 0 amide bonds. The van der Waals surface area contributed by atoms with Gasteiger partial charge in [0.15, 0.2) is 22.6 Å². The number of fused-ring (bicyclic) bond motifs is 1. The van der Waals surface area contributed by atoms with Gasteiger partial charge in [-0.15, -0.1) is 0 Å². The average molecular weight is 485 g/mol. The summed E-state index contributed by atoms with van der Waals surface area (Å²) in [7, 11) is 1.07. The first kappa shape index (κ1) is 23.9. The quantitative estimate of drug-likeness (QED) is 0.547. The van der Waals surface area contributed by atoms with Crippen LogP contribution in [0.1, 0.15) is 43.0 Å². The van der Waals surface area contributed by atoms with Gasteiger partial charge in [0.25, 0.3) is 5.56 Å². The number of ether oxygens (including phenoxy) is 2. The molecule has 34 heavy (non-hydrogen) atoms. The summed E-state index contributed by atoms with van der Waals surface area (Å²) >= 11 is 0. The van der Waals surface area contributed by atoms with Crippen molar-refractivity contribution < 1.29 is 31.4 Å². The summed E-state index contributed by atoms with van der Waals surface area (Å²) in [5, 5.41) is -0.305. The number of halogens is 5. The van der Waals surface area contributed by atoms with Crippen LogP contribution in [-0.2, 0) is 4.74 Å². The molecular weight excluding hydrogens is 465 g/mol. The summed E-state index contributed by atoms with van der Waals surface area (Å²) < 4.78 is 81.2. The molecule has 2 N–H and O–H groups in total. The SMILES string of the molecule is COc1c([C@H]2[C@H](c3cc(=O)c4c(=O)[nH]c(C)nc4[nH]3)O[C@@](C)(C(F)(F)F)[C@H]2C)ccc(F)c1F. The largest absolute Gasteiger partial charge is 0.493 e. The van der Waals surface area contributed by atoms with E-state index in [0.29, 0.717) is 0 Å². The van der Waals surface area contributed by atoms with Crippen LogP contribution in [0.5, 0.6) is 5.75 Å². The van der Waals surface area contributed by atoms with Crippen molar-refractivity contribution in [3.63, 3.8) is 0 Å². The molecule has 0 aliphatic carbocycles. The van der Waals surface area contributed by atoms with Gasteiger partial charge in [0.05, 0.1) is 12.8 Å². The number of hydrogen-bond donors (Lipinski definition) is 2. The van der Waals surface area contributed by atoms with Crippen molar-refractivity contribution >= 4 is 11.0 Å². The molecule has 4 rings (SSSR count). The van der Waals surface area contributed by atoms with Crippen LogP contribution in [0.3, 0.4) is 0 Å².